The van der Waals surface area contributed by atoms with Gasteiger partial charge in [0.25, 0.3) is 0 Å². The molecule has 0 bridgehead atoms. The van der Waals surface area contributed by atoms with Crippen molar-refractivity contribution in [2.24, 2.45) is 0 Å². The molecule has 118 valence electrons. The Hall–Kier alpha value is -2.37. The molecule has 1 aliphatic rings. The van der Waals surface area contributed by atoms with Gasteiger partial charge in [-0.05, 0) is 26.0 Å². The number of hydrogen-bond donors (Lipinski definition) is 0. The SMILES string of the molecule is COC(=O)CCC(=O)N1CC(=O)N(C(C)C)c2ccccc21. The summed E-state index contributed by atoms with van der Waals surface area (Å²) in [5, 5.41) is 0. The second-order valence-corrected chi connectivity index (χ2v) is 5.40. The predicted molar refractivity (Wildman–Crippen MR) is 82.7 cm³/mol. The van der Waals surface area contributed by atoms with Crippen LogP contribution in [-0.4, -0.2) is 37.5 Å². The van der Waals surface area contributed by atoms with Gasteiger partial charge >= 0.3 is 5.97 Å². The van der Waals surface area contributed by atoms with Gasteiger partial charge in [-0.15, -0.1) is 0 Å². The molecule has 2 rings (SSSR count). The average Bonchev–Trinajstić information content (AvgIpc) is 2.50. The van der Waals surface area contributed by atoms with Gasteiger partial charge in [-0.3, -0.25) is 14.4 Å². The second-order valence-electron chi connectivity index (χ2n) is 5.40. The van der Waals surface area contributed by atoms with E-state index in [9.17, 15) is 14.4 Å². The van der Waals surface area contributed by atoms with Crippen LogP contribution in [0.1, 0.15) is 26.7 Å². The van der Waals surface area contributed by atoms with Gasteiger partial charge in [0.05, 0.1) is 24.9 Å². The number of benzene rings is 1. The zero-order valence-corrected chi connectivity index (χ0v) is 13.0. The van der Waals surface area contributed by atoms with Crippen LogP contribution < -0.4 is 9.80 Å². The number of carbonyl (C=O) groups excluding carboxylic acids is 3. The number of esters is 1. The maximum absolute atomic E-state index is 12.4. The Bertz CT molecular complexity index is 598. The molecule has 0 unspecified atom stereocenters. The van der Waals surface area contributed by atoms with Crippen LogP contribution >= 0.6 is 0 Å². The Morgan fingerprint density at radius 2 is 1.82 bits per heavy atom. The summed E-state index contributed by atoms with van der Waals surface area (Å²) >= 11 is 0. The zero-order chi connectivity index (χ0) is 16.3. The van der Waals surface area contributed by atoms with Crippen molar-refractivity contribution in [1.82, 2.24) is 0 Å². The number of nitrogens with zero attached hydrogens (tertiary/aromatic N) is 2. The van der Waals surface area contributed by atoms with Crippen LogP contribution in [-0.2, 0) is 19.1 Å². The Kier molecular flexibility index (Phi) is 4.80. The van der Waals surface area contributed by atoms with Crippen molar-refractivity contribution in [3.63, 3.8) is 0 Å². The van der Waals surface area contributed by atoms with E-state index in [1.165, 1.54) is 12.0 Å². The van der Waals surface area contributed by atoms with E-state index < -0.39 is 5.97 Å². The van der Waals surface area contributed by atoms with E-state index >= 15 is 0 Å². The molecule has 1 heterocycles. The molecule has 1 aromatic carbocycles. The van der Waals surface area contributed by atoms with Crippen LogP contribution in [0, 0.1) is 0 Å². The summed E-state index contributed by atoms with van der Waals surface area (Å²) in [7, 11) is 1.28. The molecule has 6 heteroatoms. The van der Waals surface area contributed by atoms with Crippen LogP contribution in [0.15, 0.2) is 24.3 Å². The Morgan fingerprint density at radius 3 is 2.41 bits per heavy atom. The van der Waals surface area contributed by atoms with E-state index in [-0.39, 0.29) is 37.2 Å². The largest absolute Gasteiger partial charge is 0.469 e. The number of carbonyl (C=O) groups is 3. The quantitative estimate of drug-likeness (QED) is 0.795. The van der Waals surface area contributed by atoms with Crippen molar-refractivity contribution in [1.29, 1.82) is 0 Å². The molecule has 6 nitrogen and oxygen atoms in total. The Labute approximate surface area is 129 Å². The fourth-order valence-electron chi connectivity index (χ4n) is 2.56. The minimum Gasteiger partial charge on any atom is -0.469 e. The normalized spacial score (nSPS) is 14.1. The molecule has 0 atom stereocenters. The molecule has 0 radical (unpaired) electrons. The van der Waals surface area contributed by atoms with Gasteiger partial charge in [0, 0.05) is 12.5 Å². The summed E-state index contributed by atoms with van der Waals surface area (Å²) < 4.78 is 4.54. The highest BCUT2D eigenvalue weighted by Crippen LogP contribution is 2.34. The summed E-state index contributed by atoms with van der Waals surface area (Å²) in [5.41, 5.74) is 1.42. The topological polar surface area (TPSA) is 66.9 Å². The molecule has 0 aliphatic carbocycles. The maximum atomic E-state index is 12.4. The van der Waals surface area contributed by atoms with Gasteiger partial charge < -0.3 is 14.5 Å². The lowest BCUT2D eigenvalue weighted by atomic mass is 10.1. The number of rotatable bonds is 4. The van der Waals surface area contributed by atoms with Crippen molar-refractivity contribution >= 4 is 29.2 Å². The number of ether oxygens (including phenoxy) is 1. The van der Waals surface area contributed by atoms with E-state index in [2.05, 4.69) is 4.74 Å². The first kappa shape index (κ1) is 16.0. The fourth-order valence-corrected chi connectivity index (χ4v) is 2.56. The monoisotopic (exact) mass is 304 g/mol. The molecule has 0 fully saturated rings. The first-order chi connectivity index (χ1) is 10.5. The highest BCUT2D eigenvalue weighted by Gasteiger charge is 2.33. The van der Waals surface area contributed by atoms with E-state index in [0.717, 1.165) is 5.69 Å². The highest BCUT2D eigenvalue weighted by atomic mass is 16.5. The van der Waals surface area contributed by atoms with E-state index in [0.29, 0.717) is 5.69 Å². The van der Waals surface area contributed by atoms with Gasteiger partial charge in [0.2, 0.25) is 11.8 Å². The van der Waals surface area contributed by atoms with E-state index in [1.807, 2.05) is 38.1 Å². The molecule has 0 saturated carbocycles. The molecule has 0 spiro atoms. The summed E-state index contributed by atoms with van der Waals surface area (Å²) in [4.78, 5) is 39.0. The summed E-state index contributed by atoms with van der Waals surface area (Å²) in [5.74, 6) is -0.816. The molecule has 2 amide bonds. The Balaban J connectivity index is 2.26. The summed E-state index contributed by atoms with van der Waals surface area (Å²) in [6.07, 6.45) is 0.0338. The molecule has 1 aliphatic heterocycles. The highest BCUT2D eigenvalue weighted by molar-refractivity contribution is 6.11. The predicted octanol–water partition coefficient (Wildman–Crippen LogP) is 1.73. The third kappa shape index (κ3) is 3.10. The van der Waals surface area contributed by atoms with Crippen molar-refractivity contribution in [3.05, 3.63) is 24.3 Å². The van der Waals surface area contributed by atoms with Crippen molar-refractivity contribution in [2.75, 3.05) is 23.5 Å². The molecular formula is C16H20N2O4. The molecule has 0 N–H and O–H groups in total. The molecular weight excluding hydrogens is 284 g/mol. The third-order valence-corrected chi connectivity index (χ3v) is 3.58. The first-order valence-electron chi connectivity index (χ1n) is 7.24. The van der Waals surface area contributed by atoms with Gasteiger partial charge in [-0.2, -0.15) is 0 Å². The van der Waals surface area contributed by atoms with Crippen molar-refractivity contribution < 1.29 is 19.1 Å². The summed E-state index contributed by atoms with van der Waals surface area (Å²) in [6.45, 7) is 3.86. The molecule has 22 heavy (non-hydrogen) atoms. The van der Waals surface area contributed by atoms with E-state index in [1.54, 1.807) is 4.90 Å². The number of amides is 2. The van der Waals surface area contributed by atoms with Crippen molar-refractivity contribution in [3.8, 4) is 0 Å². The van der Waals surface area contributed by atoms with Crippen LogP contribution in [0.5, 0.6) is 0 Å². The van der Waals surface area contributed by atoms with Gasteiger partial charge in [-0.1, -0.05) is 12.1 Å². The van der Waals surface area contributed by atoms with Gasteiger partial charge in [0.1, 0.15) is 6.54 Å². The molecule has 1 aromatic rings. The minimum absolute atomic E-state index is 0.00476. The van der Waals surface area contributed by atoms with Gasteiger partial charge in [-0.25, -0.2) is 0 Å². The number of hydrogen-bond acceptors (Lipinski definition) is 4. The van der Waals surface area contributed by atoms with Gasteiger partial charge in [0.15, 0.2) is 0 Å². The number of para-hydroxylation sites is 2. The second kappa shape index (κ2) is 6.60. The smallest absolute Gasteiger partial charge is 0.306 e. The lowest BCUT2D eigenvalue weighted by Crippen LogP contribution is -2.50. The van der Waals surface area contributed by atoms with Crippen LogP contribution in [0.2, 0.25) is 0 Å². The van der Waals surface area contributed by atoms with E-state index in [4.69, 9.17) is 0 Å². The van der Waals surface area contributed by atoms with Crippen LogP contribution in [0.3, 0.4) is 0 Å². The van der Waals surface area contributed by atoms with Crippen molar-refractivity contribution in [2.45, 2.75) is 32.7 Å². The average molecular weight is 304 g/mol. The first-order valence-corrected chi connectivity index (χ1v) is 7.24. The number of anilines is 2. The minimum atomic E-state index is -0.436. The molecule has 0 saturated heterocycles. The van der Waals surface area contributed by atoms with Crippen LogP contribution in [0.4, 0.5) is 11.4 Å². The lowest BCUT2D eigenvalue weighted by Gasteiger charge is -2.38. The third-order valence-electron chi connectivity index (χ3n) is 3.58. The molecule has 0 aromatic heterocycles. The zero-order valence-electron chi connectivity index (χ0n) is 13.0. The fraction of sp³-hybridized carbons (Fsp3) is 0.438. The number of fused-ring (bicyclic) bond motifs is 1. The summed E-state index contributed by atoms with van der Waals surface area (Å²) in [6, 6.07) is 7.32. The Morgan fingerprint density at radius 1 is 1.18 bits per heavy atom. The standard InChI is InChI=1S/C16H20N2O4/c1-11(2)18-13-7-5-4-6-12(13)17(10-15(18)20)14(19)8-9-16(21)22-3/h4-7,11H,8-10H2,1-3H3. The lowest BCUT2D eigenvalue weighted by molar-refractivity contribution is -0.141. The van der Waals surface area contributed by atoms with Crippen LogP contribution in [0.25, 0.3) is 0 Å². The maximum Gasteiger partial charge on any atom is 0.306 e. The number of methoxy groups -OCH3 is 1.